The first-order valence-electron chi connectivity index (χ1n) is 7.75. The van der Waals surface area contributed by atoms with Crippen molar-refractivity contribution in [3.8, 4) is 11.3 Å². The normalized spacial score (nSPS) is 19.4. The van der Waals surface area contributed by atoms with Crippen LogP contribution in [-0.4, -0.2) is 23.2 Å². The number of carbonyl (C=O) groups excluding carboxylic acids is 1. The van der Waals surface area contributed by atoms with Crippen molar-refractivity contribution in [1.82, 2.24) is 10.2 Å². The van der Waals surface area contributed by atoms with Crippen molar-refractivity contribution in [2.75, 3.05) is 11.9 Å². The Morgan fingerprint density at radius 2 is 1.91 bits per heavy atom. The van der Waals surface area contributed by atoms with Crippen molar-refractivity contribution in [1.29, 1.82) is 0 Å². The van der Waals surface area contributed by atoms with Gasteiger partial charge in [-0.2, -0.15) is 10.2 Å². The van der Waals surface area contributed by atoms with Gasteiger partial charge in [0.2, 0.25) is 5.91 Å². The highest BCUT2D eigenvalue weighted by molar-refractivity contribution is 6.07. The molecule has 0 bridgehead atoms. The molecular formula is C18H19N3O. The summed E-state index contributed by atoms with van der Waals surface area (Å²) in [6, 6.07) is 10.2. The minimum atomic E-state index is -0.454. The lowest BCUT2D eigenvalue weighted by Gasteiger charge is -2.16. The fourth-order valence-electron chi connectivity index (χ4n) is 3.23. The van der Waals surface area contributed by atoms with E-state index >= 15 is 0 Å². The maximum Gasteiger partial charge on any atom is 0.236 e. The van der Waals surface area contributed by atoms with Crippen molar-refractivity contribution in [2.45, 2.75) is 38.0 Å². The van der Waals surface area contributed by atoms with Crippen LogP contribution in [0.3, 0.4) is 0 Å². The highest BCUT2D eigenvalue weighted by Crippen LogP contribution is 2.42. The summed E-state index contributed by atoms with van der Waals surface area (Å²) >= 11 is 0. The molecule has 0 N–H and O–H groups in total. The molecule has 4 rings (SSSR count). The molecule has 4 heteroatoms. The summed E-state index contributed by atoms with van der Waals surface area (Å²) in [6.07, 6.45) is 2.46. The van der Waals surface area contributed by atoms with Crippen LogP contribution in [0.25, 0.3) is 11.3 Å². The number of aromatic nitrogens is 2. The number of hydrogen-bond donors (Lipinski definition) is 0. The van der Waals surface area contributed by atoms with Gasteiger partial charge in [-0.15, -0.1) is 0 Å². The Labute approximate surface area is 130 Å². The van der Waals surface area contributed by atoms with Gasteiger partial charge in [-0.1, -0.05) is 12.1 Å². The zero-order chi connectivity index (χ0) is 15.5. The van der Waals surface area contributed by atoms with Crippen molar-refractivity contribution in [3.05, 3.63) is 41.6 Å². The average Bonchev–Trinajstić information content (AvgIpc) is 3.35. The molecule has 1 amide bonds. The number of benzene rings is 1. The van der Waals surface area contributed by atoms with Gasteiger partial charge in [0.15, 0.2) is 0 Å². The predicted molar refractivity (Wildman–Crippen MR) is 85.9 cm³/mol. The minimum absolute atomic E-state index is 0.134. The summed E-state index contributed by atoms with van der Waals surface area (Å²) in [5, 5.41) is 8.71. The van der Waals surface area contributed by atoms with Crippen LogP contribution >= 0.6 is 0 Å². The van der Waals surface area contributed by atoms with Gasteiger partial charge in [-0.25, -0.2) is 0 Å². The lowest BCUT2D eigenvalue weighted by atomic mass is 9.85. The van der Waals surface area contributed by atoms with Gasteiger partial charge in [0.05, 0.1) is 16.8 Å². The Hall–Kier alpha value is -2.23. The molecule has 22 heavy (non-hydrogen) atoms. The first kappa shape index (κ1) is 13.4. The van der Waals surface area contributed by atoms with E-state index in [2.05, 4.69) is 16.3 Å². The highest BCUT2D eigenvalue weighted by Gasteiger charge is 2.42. The SMILES string of the molecule is CN1C(=O)C(C)(C)c2ccc(-c3ccc(C4CC4)nn3)cc21. The Morgan fingerprint density at radius 3 is 2.55 bits per heavy atom. The minimum Gasteiger partial charge on any atom is -0.314 e. The molecule has 0 radical (unpaired) electrons. The van der Waals surface area contributed by atoms with Gasteiger partial charge in [0, 0.05) is 24.2 Å². The number of fused-ring (bicyclic) bond motifs is 1. The van der Waals surface area contributed by atoms with E-state index in [1.807, 2.05) is 45.2 Å². The molecule has 112 valence electrons. The van der Waals surface area contributed by atoms with Crippen LogP contribution in [0, 0.1) is 0 Å². The topological polar surface area (TPSA) is 46.1 Å². The molecule has 4 nitrogen and oxygen atoms in total. The van der Waals surface area contributed by atoms with Crippen LogP contribution in [0.2, 0.25) is 0 Å². The second-order valence-corrected chi connectivity index (χ2v) is 6.84. The van der Waals surface area contributed by atoms with E-state index in [4.69, 9.17) is 0 Å². The monoisotopic (exact) mass is 293 g/mol. The van der Waals surface area contributed by atoms with Gasteiger partial charge in [-0.3, -0.25) is 4.79 Å². The Balaban J connectivity index is 1.74. The van der Waals surface area contributed by atoms with Gasteiger partial charge in [-0.05, 0) is 50.5 Å². The van der Waals surface area contributed by atoms with E-state index in [9.17, 15) is 4.79 Å². The number of rotatable bonds is 2. The van der Waals surface area contributed by atoms with Gasteiger partial charge in [0.1, 0.15) is 0 Å². The number of likely N-dealkylation sites (N-methyl/N-ethyl adjacent to an activating group) is 1. The molecule has 1 aromatic heterocycles. The Bertz CT molecular complexity index is 760. The van der Waals surface area contributed by atoms with Crippen molar-refractivity contribution >= 4 is 11.6 Å². The third-order valence-electron chi connectivity index (χ3n) is 4.85. The van der Waals surface area contributed by atoms with E-state index in [-0.39, 0.29) is 5.91 Å². The summed E-state index contributed by atoms with van der Waals surface area (Å²) in [7, 11) is 1.83. The number of carbonyl (C=O) groups is 1. The zero-order valence-electron chi connectivity index (χ0n) is 13.1. The first-order chi connectivity index (χ1) is 10.5. The molecule has 0 atom stereocenters. The quantitative estimate of drug-likeness (QED) is 0.853. The number of anilines is 1. The maximum absolute atomic E-state index is 12.4. The molecule has 2 aromatic rings. The molecular weight excluding hydrogens is 274 g/mol. The highest BCUT2D eigenvalue weighted by atomic mass is 16.2. The van der Waals surface area contributed by atoms with E-state index in [0.29, 0.717) is 5.92 Å². The fraction of sp³-hybridized carbons (Fsp3) is 0.389. The summed E-state index contributed by atoms with van der Waals surface area (Å²) in [5.74, 6) is 0.751. The van der Waals surface area contributed by atoms with Crippen LogP contribution in [0.4, 0.5) is 5.69 Å². The van der Waals surface area contributed by atoms with Crippen molar-refractivity contribution in [3.63, 3.8) is 0 Å². The third-order valence-corrected chi connectivity index (χ3v) is 4.85. The molecule has 1 aromatic carbocycles. The van der Waals surface area contributed by atoms with Gasteiger partial charge < -0.3 is 4.90 Å². The number of amides is 1. The smallest absolute Gasteiger partial charge is 0.236 e. The second-order valence-electron chi connectivity index (χ2n) is 6.84. The summed E-state index contributed by atoms with van der Waals surface area (Å²) in [5.41, 5.74) is 4.55. The van der Waals surface area contributed by atoms with Crippen LogP contribution in [0.15, 0.2) is 30.3 Å². The summed E-state index contributed by atoms with van der Waals surface area (Å²) < 4.78 is 0. The summed E-state index contributed by atoms with van der Waals surface area (Å²) in [4.78, 5) is 14.1. The molecule has 1 aliphatic carbocycles. The molecule has 1 aliphatic heterocycles. The second kappa shape index (κ2) is 4.38. The van der Waals surface area contributed by atoms with Crippen LogP contribution < -0.4 is 4.90 Å². The van der Waals surface area contributed by atoms with E-state index in [0.717, 1.165) is 28.2 Å². The Morgan fingerprint density at radius 1 is 1.14 bits per heavy atom. The largest absolute Gasteiger partial charge is 0.314 e. The number of nitrogens with zero attached hydrogens (tertiary/aromatic N) is 3. The lowest BCUT2D eigenvalue weighted by molar-refractivity contribution is -0.121. The van der Waals surface area contributed by atoms with E-state index < -0.39 is 5.41 Å². The van der Waals surface area contributed by atoms with Gasteiger partial charge in [0.25, 0.3) is 0 Å². The molecule has 2 heterocycles. The third kappa shape index (κ3) is 1.86. The number of hydrogen-bond acceptors (Lipinski definition) is 3. The van der Waals surface area contributed by atoms with E-state index in [1.165, 1.54) is 12.8 Å². The van der Waals surface area contributed by atoms with Crippen LogP contribution in [0.1, 0.15) is 43.9 Å². The lowest BCUT2D eigenvalue weighted by Crippen LogP contribution is -2.33. The molecule has 1 fully saturated rings. The molecule has 2 aliphatic rings. The Kier molecular flexibility index (Phi) is 2.68. The van der Waals surface area contributed by atoms with Crippen molar-refractivity contribution in [2.24, 2.45) is 0 Å². The molecule has 0 spiro atoms. The fourth-order valence-corrected chi connectivity index (χ4v) is 3.23. The summed E-state index contributed by atoms with van der Waals surface area (Å²) in [6.45, 7) is 3.95. The van der Waals surface area contributed by atoms with E-state index in [1.54, 1.807) is 4.90 Å². The molecule has 1 saturated carbocycles. The standard InChI is InChI=1S/C18H19N3O/c1-18(2)13-7-6-12(10-16(13)21(3)17(18)22)15-9-8-14(19-20-15)11-4-5-11/h6-11H,4-5H2,1-3H3. The molecule has 0 unspecified atom stereocenters. The van der Waals surface area contributed by atoms with Crippen molar-refractivity contribution < 1.29 is 4.79 Å². The predicted octanol–water partition coefficient (Wildman–Crippen LogP) is 3.28. The zero-order valence-corrected chi connectivity index (χ0v) is 13.1. The first-order valence-corrected chi connectivity index (χ1v) is 7.75. The average molecular weight is 293 g/mol. The molecule has 0 saturated heterocycles. The maximum atomic E-state index is 12.4. The van der Waals surface area contributed by atoms with Crippen LogP contribution in [0.5, 0.6) is 0 Å². The van der Waals surface area contributed by atoms with Gasteiger partial charge >= 0.3 is 0 Å². The van der Waals surface area contributed by atoms with Crippen LogP contribution in [-0.2, 0) is 10.2 Å².